The second-order valence-electron chi connectivity index (χ2n) is 6.52. The summed E-state index contributed by atoms with van der Waals surface area (Å²) in [5.41, 5.74) is 0.364. The van der Waals surface area contributed by atoms with Crippen LogP contribution >= 0.6 is 0 Å². The minimum absolute atomic E-state index is 0.0122. The van der Waals surface area contributed by atoms with Crippen LogP contribution in [0, 0.1) is 5.41 Å². The fourth-order valence-electron chi connectivity index (χ4n) is 3.10. The summed E-state index contributed by atoms with van der Waals surface area (Å²) in [6, 6.07) is 6.78. The van der Waals surface area contributed by atoms with Crippen molar-refractivity contribution >= 4 is 23.3 Å². The Kier molecular flexibility index (Phi) is 4.20. The number of nitrogens with zero attached hydrogens (tertiary/aromatic N) is 1. The Bertz CT molecular complexity index is 626. The molecule has 1 aliphatic carbocycles. The summed E-state index contributed by atoms with van der Waals surface area (Å²) in [4.78, 5) is 38.4. The summed E-state index contributed by atoms with van der Waals surface area (Å²) in [6.07, 6.45) is 4.46. The summed E-state index contributed by atoms with van der Waals surface area (Å²) in [5.74, 6) is -0.250. The number of carbonyl (C=O) groups excluding carboxylic acids is 3. The van der Waals surface area contributed by atoms with Crippen molar-refractivity contribution in [1.29, 1.82) is 0 Å². The van der Waals surface area contributed by atoms with E-state index in [-0.39, 0.29) is 17.6 Å². The number of benzene rings is 1. The van der Waals surface area contributed by atoms with Crippen molar-refractivity contribution in [1.82, 2.24) is 4.90 Å². The Hall–Kier alpha value is -2.17. The summed E-state index contributed by atoms with van der Waals surface area (Å²) in [6.45, 7) is 3.03. The Balaban J connectivity index is 1.67. The molecule has 0 spiro atoms. The fourth-order valence-corrected chi connectivity index (χ4v) is 3.10. The van der Waals surface area contributed by atoms with E-state index >= 15 is 0 Å². The molecule has 1 saturated carbocycles. The highest BCUT2D eigenvalue weighted by atomic mass is 16.2. The van der Waals surface area contributed by atoms with Crippen LogP contribution in [0.15, 0.2) is 24.3 Å². The number of rotatable bonds is 4. The Morgan fingerprint density at radius 3 is 2.13 bits per heavy atom. The molecule has 23 heavy (non-hydrogen) atoms. The average molecular weight is 314 g/mol. The van der Waals surface area contributed by atoms with Gasteiger partial charge in [-0.2, -0.15) is 0 Å². The standard InChI is InChI=1S/C18H22N2O3/c1-13(21)14-5-7-15(8-6-14)19-16(22)18(9-10-18)17(23)20-11-3-2-4-12-20/h5-8H,2-4,9-12H2,1H3,(H,19,22). The lowest BCUT2D eigenvalue weighted by molar-refractivity contribution is -0.143. The molecule has 0 bridgehead atoms. The van der Waals surface area contributed by atoms with E-state index in [4.69, 9.17) is 0 Å². The molecule has 1 aromatic carbocycles. The van der Waals surface area contributed by atoms with Crippen molar-refractivity contribution < 1.29 is 14.4 Å². The van der Waals surface area contributed by atoms with Gasteiger partial charge < -0.3 is 10.2 Å². The topological polar surface area (TPSA) is 66.5 Å². The van der Waals surface area contributed by atoms with Gasteiger partial charge in [-0.3, -0.25) is 14.4 Å². The fraction of sp³-hybridized carbons (Fsp3) is 0.500. The Labute approximate surface area is 136 Å². The normalized spacial score (nSPS) is 19.1. The van der Waals surface area contributed by atoms with Gasteiger partial charge in [-0.05, 0) is 63.3 Å². The van der Waals surface area contributed by atoms with Crippen LogP contribution < -0.4 is 5.32 Å². The molecular formula is C18H22N2O3. The van der Waals surface area contributed by atoms with Crippen LogP contribution in [0.4, 0.5) is 5.69 Å². The highest BCUT2D eigenvalue weighted by Crippen LogP contribution is 2.48. The molecule has 0 unspecified atom stereocenters. The maximum absolute atomic E-state index is 12.7. The molecule has 2 amide bonds. The third kappa shape index (κ3) is 3.14. The van der Waals surface area contributed by atoms with Gasteiger partial charge in [0.15, 0.2) is 5.78 Å². The maximum Gasteiger partial charge on any atom is 0.240 e. The predicted molar refractivity (Wildman–Crippen MR) is 87.2 cm³/mol. The van der Waals surface area contributed by atoms with Crippen molar-refractivity contribution in [3.63, 3.8) is 0 Å². The first-order valence-electron chi connectivity index (χ1n) is 8.25. The molecule has 1 heterocycles. The van der Waals surface area contributed by atoms with E-state index < -0.39 is 5.41 Å². The number of nitrogens with one attached hydrogen (secondary N) is 1. The largest absolute Gasteiger partial charge is 0.342 e. The summed E-state index contributed by atoms with van der Waals surface area (Å²) in [5, 5.41) is 2.83. The summed E-state index contributed by atoms with van der Waals surface area (Å²) >= 11 is 0. The molecule has 1 aliphatic heterocycles. The van der Waals surface area contributed by atoms with Gasteiger partial charge in [0.1, 0.15) is 5.41 Å². The van der Waals surface area contributed by atoms with Gasteiger partial charge in [-0.15, -0.1) is 0 Å². The van der Waals surface area contributed by atoms with Crippen LogP contribution in [0.3, 0.4) is 0 Å². The van der Waals surface area contributed by atoms with E-state index in [0.717, 1.165) is 32.4 Å². The molecule has 5 nitrogen and oxygen atoms in total. The minimum atomic E-state index is -0.864. The Morgan fingerprint density at radius 1 is 1.00 bits per heavy atom. The molecule has 2 aliphatic rings. The smallest absolute Gasteiger partial charge is 0.240 e. The van der Waals surface area contributed by atoms with Crippen LogP contribution in [-0.2, 0) is 9.59 Å². The average Bonchev–Trinajstić information content (AvgIpc) is 3.37. The third-order valence-corrected chi connectivity index (χ3v) is 4.79. The lowest BCUT2D eigenvalue weighted by Gasteiger charge is -2.30. The molecule has 3 rings (SSSR count). The number of anilines is 1. The molecule has 0 aromatic heterocycles. The van der Waals surface area contributed by atoms with Gasteiger partial charge in [0, 0.05) is 24.3 Å². The number of hydrogen-bond acceptors (Lipinski definition) is 3. The molecular weight excluding hydrogens is 292 g/mol. The third-order valence-electron chi connectivity index (χ3n) is 4.79. The monoisotopic (exact) mass is 314 g/mol. The zero-order chi connectivity index (χ0) is 16.4. The first-order valence-corrected chi connectivity index (χ1v) is 8.25. The lowest BCUT2D eigenvalue weighted by atomic mass is 10.0. The number of ketones is 1. The van der Waals surface area contributed by atoms with Crippen LogP contribution in [0.5, 0.6) is 0 Å². The molecule has 122 valence electrons. The first-order chi connectivity index (χ1) is 11.0. The number of hydrogen-bond donors (Lipinski definition) is 1. The van der Waals surface area contributed by atoms with Crippen molar-refractivity contribution in [2.45, 2.75) is 39.0 Å². The van der Waals surface area contributed by atoms with E-state index in [1.165, 1.54) is 6.92 Å². The van der Waals surface area contributed by atoms with Gasteiger partial charge in [0.05, 0.1) is 0 Å². The molecule has 0 radical (unpaired) electrons. The molecule has 5 heteroatoms. The van der Waals surface area contributed by atoms with E-state index in [1.54, 1.807) is 24.3 Å². The van der Waals surface area contributed by atoms with Crippen molar-refractivity contribution in [2.24, 2.45) is 5.41 Å². The molecule has 0 atom stereocenters. The number of piperidine rings is 1. The van der Waals surface area contributed by atoms with Gasteiger partial charge in [0.25, 0.3) is 0 Å². The van der Waals surface area contributed by atoms with Gasteiger partial charge in [-0.25, -0.2) is 0 Å². The highest BCUT2D eigenvalue weighted by Gasteiger charge is 2.58. The summed E-state index contributed by atoms with van der Waals surface area (Å²) in [7, 11) is 0. The number of Topliss-reactive ketones (excluding diaryl/α,β-unsaturated/α-hetero) is 1. The Morgan fingerprint density at radius 2 is 1.61 bits per heavy atom. The van der Waals surface area contributed by atoms with Crippen molar-refractivity contribution in [3.8, 4) is 0 Å². The zero-order valence-electron chi connectivity index (χ0n) is 13.4. The van der Waals surface area contributed by atoms with Gasteiger partial charge in [0.2, 0.25) is 11.8 Å². The maximum atomic E-state index is 12.7. The minimum Gasteiger partial charge on any atom is -0.342 e. The van der Waals surface area contributed by atoms with Crippen molar-refractivity contribution in [2.75, 3.05) is 18.4 Å². The predicted octanol–water partition coefficient (Wildman–Crippen LogP) is 2.62. The molecule has 1 N–H and O–H groups in total. The molecule has 1 aromatic rings. The SMILES string of the molecule is CC(=O)c1ccc(NC(=O)C2(C(=O)N3CCCCC3)CC2)cc1. The van der Waals surface area contributed by atoms with Crippen LogP contribution in [0.2, 0.25) is 0 Å². The van der Waals surface area contributed by atoms with Gasteiger partial charge in [-0.1, -0.05) is 0 Å². The number of amides is 2. The second-order valence-corrected chi connectivity index (χ2v) is 6.52. The van der Waals surface area contributed by atoms with E-state index in [0.29, 0.717) is 24.1 Å². The highest BCUT2D eigenvalue weighted by molar-refractivity contribution is 6.13. The second kappa shape index (κ2) is 6.14. The van der Waals surface area contributed by atoms with Crippen molar-refractivity contribution in [3.05, 3.63) is 29.8 Å². The number of carbonyl (C=O) groups is 3. The lowest BCUT2D eigenvalue weighted by Crippen LogP contribution is -2.45. The quantitative estimate of drug-likeness (QED) is 0.686. The molecule has 2 fully saturated rings. The van der Waals surface area contributed by atoms with E-state index in [2.05, 4.69) is 5.32 Å². The first kappa shape index (κ1) is 15.7. The summed E-state index contributed by atoms with van der Waals surface area (Å²) < 4.78 is 0. The van der Waals surface area contributed by atoms with Crippen LogP contribution in [0.25, 0.3) is 0 Å². The van der Waals surface area contributed by atoms with E-state index in [1.807, 2.05) is 4.90 Å². The van der Waals surface area contributed by atoms with Gasteiger partial charge >= 0.3 is 0 Å². The van der Waals surface area contributed by atoms with Crippen LogP contribution in [0.1, 0.15) is 49.4 Å². The van der Waals surface area contributed by atoms with E-state index in [9.17, 15) is 14.4 Å². The number of likely N-dealkylation sites (tertiary alicyclic amines) is 1. The zero-order valence-corrected chi connectivity index (χ0v) is 13.4. The van der Waals surface area contributed by atoms with Crippen LogP contribution in [-0.4, -0.2) is 35.6 Å². The molecule has 1 saturated heterocycles.